The van der Waals surface area contributed by atoms with Crippen molar-refractivity contribution < 1.29 is 4.79 Å². The summed E-state index contributed by atoms with van der Waals surface area (Å²) in [6.07, 6.45) is 0. The fraction of sp³-hybridized carbons (Fsp3) is 0.0833. The molecule has 3 N–H and O–H groups in total. The molecule has 2 aromatic rings. The molecule has 0 atom stereocenters. The Hall–Kier alpha value is -1.81. The van der Waals surface area contributed by atoms with Gasteiger partial charge in [-0.1, -0.05) is 6.07 Å². The van der Waals surface area contributed by atoms with Crippen molar-refractivity contribution in [1.82, 2.24) is 0 Å². The molecule has 1 aliphatic rings. The largest absolute Gasteiger partial charge is 0.380 e. The van der Waals surface area contributed by atoms with E-state index >= 15 is 0 Å². The van der Waals surface area contributed by atoms with E-state index in [9.17, 15) is 4.79 Å². The highest BCUT2D eigenvalue weighted by Gasteiger charge is 2.17. The van der Waals surface area contributed by atoms with Crippen LogP contribution in [0.4, 0.5) is 5.69 Å². The molecule has 3 rings (SSSR count). The van der Waals surface area contributed by atoms with Gasteiger partial charge in [-0.15, -0.1) is 11.3 Å². The molecule has 0 fully saturated rings. The van der Waals surface area contributed by atoms with Gasteiger partial charge in [0.05, 0.1) is 0 Å². The minimum atomic E-state index is -0.387. The van der Waals surface area contributed by atoms with E-state index in [2.05, 4.69) is 16.8 Å². The van der Waals surface area contributed by atoms with Gasteiger partial charge in [0.25, 0.3) is 0 Å². The van der Waals surface area contributed by atoms with Crippen LogP contribution >= 0.6 is 11.3 Å². The smallest absolute Gasteiger partial charge is 0.248 e. The van der Waals surface area contributed by atoms with Gasteiger partial charge >= 0.3 is 0 Å². The molecule has 1 aliphatic heterocycles. The molecule has 0 spiro atoms. The zero-order valence-electron chi connectivity index (χ0n) is 8.49. The van der Waals surface area contributed by atoms with Gasteiger partial charge in [-0.3, -0.25) is 4.79 Å². The SMILES string of the molecule is NC(=O)c1ccc2c(c1)NCc1ccsc1-2. The van der Waals surface area contributed by atoms with E-state index in [0.717, 1.165) is 17.8 Å². The lowest BCUT2D eigenvalue weighted by Crippen LogP contribution is -2.13. The van der Waals surface area contributed by atoms with Crippen molar-refractivity contribution in [1.29, 1.82) is 0 Å². The van der Waals surface area contributed by atoms with Crippen LogP contribution in [0.25, 0.3) is 10.4 Å². The third-order valence-electron chi connectivity index (χ3n) is 2.76. The molecule has 0 saturated heterocycles. The predicted molar refractivity (Wildman–Crippen MR) is 65.6 cm³/mol. The molecule has 80 valence electrons. The van der Waals surface area contributed by atoms with E-state index in [-0.39, 0.29) is 5.91 Å². The summed E-state index contributed by atoms with van der Waals surface area (Å²) in [6.45, 7) is 0.814. The van der Waals surface area contributed by atoms with Crippen molar-refractivity contribution in [2.45, 2.75) is 6.54 Å². The number of anilines is 1. The lowest BCUT2D eigenvalue weighted by Gasteiger charge is -2.18. The topological polar surface area (TPSA) is 55.1 Å². The van der Waals surface area contributed by atoms with Crippen LogP contribution in [0.1, 0.15) is 15.9 Å². The minimum absolute atomic E-state index is 0.387. The molecule has 0 aliphatic carbocycles. The van der Waals surface area contributed by atoms with Gasteiger partial charge < -0.3 is 11.1 Å². The number of hydrogen-bond acceptors (Lipinski definition) is 3. The monoisotopic (exact) mass is 230 g/mol. The molecule has 0 unspecified atom stereocenters. The zero-order valence-corrected chi connectivity index (χ0v) is 9.30. The number of nitrogens with two attached hydrogens (primary N) is 1. The summed E-state index contributed by atoms with van der Waals surface area (Å²) >= 11 is 1.73. The van der Waals surface area contributed by atoms with Crippen LogP contribution in [0.5, 0.6) is 0 Å². The summed E-state index contributed by atoms with van der Waals surface area (Å²) < 4.78 is 0. The van der Waals surface area contributed by atoms with Gasteiger partial charge in [-0.2, -0.15) is 0 Å². The Labute approximate surface area is 96.9 Å². The van der Waals surface area contributed by atoms with Crippen molar-refractivity contribution in [2.24, 2.45) is 5.73 Å². The molecule has 4 heteroatoms. The summed E-state index contributed by atoms with van der Waals surface area (Å²) in [7, 11) is 0. The summed E-state index contributed by atoms with van der Waals surface area (Å²) in [5.41, 5.74) is 9.26. The van der Waals surface area contributed by atoms with Crippen LogP contribution in [0.2, 0.25) is 0 Å². The van der Waals surface area contributed by atoms with E-state index in [0.29, 0.717) is 5.56 Å². The molecule has 0 bridgehead atoms. The van der Waals surface area contributed by atoms with Gasteiger partial charge in [0.1, 0.15) is 0 Å². The number of amides is 1. The second-order valence-electron chi connectivity index (χ2n) is 3.75. The molecule has 1 aromatic heterocycles. The molecular formula is C12H10N2OS. The van der Waals surface area contributed by atoms with Crippen molar-refractivity contribution in [2.75, 3.05) is 5.32 Å². The Morgan fingerprint density at radius 2 is 2.25 bits per heavy atom. The first-order chi connectivity index (χ1) is 7.75. The first kappa shape index (κ1) is 9.42. The maximum Gasteiger partial charge on any atom is 0.248 e. The molecule has 0 saturated carbocycles. The fourth-order valence-electron chi connectivity index (χ4n) is 1.94. The lowest BCUT2D eigenvalue weighted by molar-refractivity contribution is 0.100. The van der Waals surface area contributed by atoms with Crippen molar-refractivity contribution >= 4 is 22.9 Å². The summed E-state index contributed by atoms with van der Waals surface area (Å²) in [4.78, 5) is 12.4. The van der Waals surface area contributed by atoms with Gasteiger partial charge in [0.15, 0.2) is 0 Å². The van der Waals surface area contributed by atoms with Crippen molar-refractivity contribution in [3.8, 4) is 10.4 Å². The van der Waals surface area contributed by atoms with E-state index in [1.165, 1.54) is 10.4 Å². The third-order valence-corrected chi connectivity index (χ3v) is 3.75. The van der Waals surface area contributed by atoms with Gasteiger partial charge in [-0.25, -0.2) is 0 Å². The number of primary amides is 1. The first-order valence-electron chi connectivity index (χ1n) is 5.00. The van der Waals surface area contributed by atoms with Crippen LogP contribution in [0.3, 0.4) is 0 Å². The average molecular weight is 230 g/mol. The molecule has 0 radical (unpaired) electrons. The summed E-state index contributed by atoms with van der Waals surface area (Å²) in [5, 5.41) is 5.39. The van der Waals surface area contributed by atoms with E-state index in [1.807, 2.05) is 12.1 Å². The highest BCUT2D eigenvalue weighted by Crippen LogP contribution is 2.39. The van der Waals surface area contributed by atoms with E-state index in [4.69, 9.17) is 5.73 Å². The van der Waals surface area contributed by atoms with Crippen LogP contribution in [0.15, 0.2) is 29.6 Å². The van der Waals surface area contributed by atoms with Crippen molar-refractivity contribution in [3.63, 3.8) is 0 Å². The first-order valence-corrected chi connectivity index (χ1v) is 5.88. The Morgan fingerprint density at radius 1 is 1.38 bits per heavy atom. The average Bonchev–Trinajstić information content (AvgIpc) is 2.76. The predicted octanol–water partition coefficient (Wildman–Crippen LogP) is 2.44. The number of carbonyl (C=O) groups excluding carboxylic acids is 1. The third kappa shape index (κ3) is 1.31. The van der Waals surface area contributed by atoms with Gasteiger partial charge in [-0.05, 0) is 29.1 Å². The lowest BCUT2D eigenvalue weighted by atomic mass is 10.0. The Balaban J connectivity index is 2.17. The summed E-state index contributed by atoms with van der Waals surface area (Å²) in [6, 6.07) is 7.67. The van der Waals surface area contributed by atoms with Crippen LogP contribution < -0.4 is 11.1 Å². The second kappa shape index (κ2) is 3.35. The van der Waals surface area contributed by atoms with Crippen molar-refractivity contribution in [3.05, 3.63) is 40.8 Å². The number of carbonyl (C=O) groups is 1. The van der Waals surface area contributed by atoms with Crippen LogP contribution in [-0.2, 0) is 6.54 Å². The van der Waals surface area contributed by atoms with Gasteiger partial charge in [0, 0.05) is 28.2 Å². The number of fused-ring (bicyclic) bond motifs is 3. The number of thiophene rings is 1. The maximum absolute atomic E-state index is 11.1. The summed E-state index contributed by atoms with van der Waals surface area (Å²) in [5.74, 6) is -0.387. The quantitative estimate of drug-likeness (QED) is 0.790. The van der Waals surface area contributed by atoms with E-state index < -0.39 is 0 Å². The van der Waals surface area contributed by atoms with Gasteiger partial charge in [0.2, 0.25) is 5.91 Å². The zero-order chi connectivity index (χ0) is 11.1. The molecule has 16 heavy (non-hydrogen) atoms. The standard InChI is InChI=1S/C12H10N2OS/c13-12(15)7-1-2-9-10(5-7)14-6-8-3-4-16-11(8)9/h1-5,14H,6H2,(H2,13,15). The molecule has 1 aromatic carbocycles. The number of rotatable bonds is 1. The Kier molecular flexibility index (Phi) is 1.97. The number of benzene rings is 1. The molecule has 1 amide bonds. The minimum Gasteiger partial charge on any atom is -0.380 e. The highest BCUT2D eigenvalue weighted by molar-refractivity contribution is 7.13. The molecule has 2 heterocycles. The number of hydrogen-bond donors (Lipinski definition) is 2. The number of nitrogens with one attached hydrogen (secondary N) is 1. The Bertz CT molecular complexity index is 574. The molecular weight excluding hydrogens is 220 g/mol. The Morgan fingerprint density at radius 3 is 3.06 bits per heavy atom. The highest BCUT2D eigenvalue weighted by atomic mass is 32.1. The van der Waals surface area contributed by atoms with E-state index in [1.54, 1.807) is 17.4 Å². The fourth-order valence-corrected chi connectivity index (χ4v) is 2.91. The van der Waals surface area contributed by atoms with Crippen LogP contribution in [0, 0.1) is 0 Å². The normalized spacial score (nSPS) is 12.5. The molecule has 3 nitrogen and oxygen atoms in total. The maximum atomic E-state index is 11.1. The van der Waals surface area contributed by atoms with Crippen LogP contribution in [-0.4, -0.2) is 5.91 Å². The second-order valence-corrected chi connectivity index (χ2v) is 4.67.